The Morgan fingerprint density at radius 3 is 2.46 bits per heavy atom. The second-order valence-corrected chi connectivity index (χ2v) is 7.36. The standard InChI is InChI=1S/C20H27N5O3/c1-13-23-25(17-10-6-15(7-11-17)19(21)22)20(27)24(13)16-8-3-14(4-9-16)5-12-18(26)28-2/h6-7,10-11,14,16H,3-5,8-9,12H2,1-2H3,(H3,21,22)/t14-,16-. The van der Waals surface area contributed by atoms with Crippen molar-refractivity contribution in [3.63, 3.8) is 0 Å². The summed E-state index contributed by atoms with van der Waals surface area (Å²) in [5.41, 5.74) is 6.60. The van der Waals surface area contributed by atoms with Gasteiger partial charge in [0.1, 0.15) is 11.7 Å². The largest absolute Gasteiger partial charge is 0.469 e. The molecule has 1 saturated carbocycles. The number of carbonyl (C=O) groups excluding carboxylic acids is 1. The average Bonchev–Trinajstić information content (AvgIpc) is 3.00. The van der Waals surface area contributed by atoms with E-state index in [4.69, 9.17) is 15.9 Å². The van der Waals surface area contributed by atoms with Crippen molar-refractivity contribution in [1.29, 1.82) is 5.41 Å². The lowest BCUT2D eigenvalue weighted by Gasteiger charge is -2.29. The third-order valence-electron chi connectivity index (χ3n) is 5.57. The van der Waals surface area contributed by atoms with Gasteiger partial charge in [-0.1, -0.05) is 0 Å². The normalized spacial score (nSPS) is 19.4. The number of carbonyl (C=O) groups is 1. The van der Waals surface area contributed by atoms with Crippen molar-refractivity contribution in [3.05, 3.63) is 46.1 Å². The van der Waals surface area contributed by atoms with Gasteiger partial charge in [0, 0.05) is 18.0 Å². The number of methoxy groups -OCH3 is 1. The van der Waals surface area contributed by atoms with Crippen molar-refractivity contribution in [2.45, 2.75) is 51.5 Å². The number of hydrogen-bond acceptors (Lipinski definition) is 5. The highest BCUT2D eigenvalue weighted by molar-refractivity contribution is 5.95. The lowest BCUT2D eigenvalue weighted by molar-refractivity contribution is -0.141. The number of rotatable bonds is 6. The first-order chi connectivity index (χ1) is 13.4. The van der Waals surface area contributed by atoms with Crippen LogP contribution in [0, 0.1) is 18.3 Å². The highest BCUT2D eigenvalue weighted by Crippen LogP contribution is 2.34. The van der Waals surface area contributed by atoms with Crippen LogP contribution in [0.3, 0.4) is 0 Å². The Kier molecular flexibility index (Phi) is 5.96. The van der Waals surface area contributed by atoms with Crippen LogP contribution in [0.15, 0.2) is 29.1 Å². The van der Waals surface area contributed by atoms with Gasteiger partial charge < -0.3 is 10.5 Å². The SMILES string of the molecule is COC(=O)CC[C@H]1CC[C@H](n2c(C)nn(-c3ccc(C(=N)N)cc3)c2=O)CC1. The first kappa shape index (κ1) is 19.9. The summed E-state index contributed by atoms with van der Waals surface area (Å²) in [5.74, 6) is 1.02. The Bertz CT molecular complexity index is 905. The second-order valence-electron chi connectivity index (χ2n) is 7.36. The highest BCUT2D eigenvalue weighted by atomic mass is 16.5. The van der Waals surface area contributed by atoms with Gasteiger partial charge in [0.2, 0.25) is 0 Å². The Hall–Kier alpha value is -2.90. The van der Waals surface area contributed by atoms with Crippen molar-refractivity contribution in [1.82, 2.24) is 14.3 Å². The van der Waals surface area contributed by atoms with E-state index >= 15 is 0 Å². The molecule has 3 rings (SSSR count). The molecular formula is C20H27N5O3. The van der Waals surface area contributed by atoms with Gasteiger partial charge in [-0.3, -0.25) is 14.8 Å². The molecule has 8 nitrogen and oxygen atoms in total. The number of amidine groups is 1. The molecule has 0 spiro atoms. The van der Waals surface area contributed by atoms with Gasteiger partial charge in [0.05, 0.1) is 12.8 Å². The van der Waals surface area contributed by atoms with Crippen LogP contribution in [-0.4, -0.2) is 33.3 Å². The third kappa shape index (κ3) is 4.16. The number of esters is 1. The molecule has 3 N–H and O–H groups in total. The van der Waals surface area contributed by atoms with Gasteiger partial charge >= 0.3 is 11.7 Å². The molecule has 0 amide bonds. The quantitative estimate of drug-likeness (QED) is 0.450. The van der Waals surface area contributed by atoms with E-state index in [-0.39, 0.29) is 23.5 Å². The average molecular weight is 385 g/mol. The molecule has 1 aromatic heterocycles. The predicted molar refractivity (Wildman–Crippen MR) is 106 cm³/mol. The van der Waals surface area contributed by atoms with Crippen LogP contribution >= 0.6 is 0 Å². The van der Waals surface area contributed by atoms with Gasteiger partial charge in [0.25, 0.3) is 0 Å². The summed E-state index contributed by atoms with van der Waals surface area (Å²) in [6, 6.07) is 7.06. The molecule has 150 valence electrons. The summed E-state index contributed by atoms with van der Waals surface area (Å²) in [7, 11) is 1.42. The van der Waals surface area contributed by atoms with Crippen molar-refractivity contribution in [2.75, 3.05) is 7.11 Å². The van der Waals surface area contributed by atoms with Crippen molar-refractivity contribution in [2.24, 2.45) is 11.7 Å². The minimum absolute atomic E-state index is 0.00966. The fourth-order valence-corrected chi connectivity index (χ4v) is 3.96. The third-order valence-corrected chi connectivity index (χ3v) is 5.57. The Labute approximate surface area is 163 Å². The number of ether oxygens (including phenoxy) is 1. The molecule has 0 radical (unpaired) electrons. The summed E-state index contributed by atoms with van der Waals surface area (Å²) < 4.78 is 7.91. The zero-order valence-electron chi connectivity index (χ0n) is 16.4. The number of benzene rings is 1. The maximum absolute atomic E-state index is 13.0. The van der Waals surface area contributed by atoms with Crippen molar-refractivity contribution in [3.8, 4) is 5.69 Å². The summed E-state index contributed by atoms with van der Waals surface area (Å²) in [6.07, 6.45) is 5.09. The summed E-state index contributed by atoms with van der Waals surface area (Å²) in [6.45, 7) is 1.85. The molecule has 2 aromatic rings. The minimum atomic E-state index is -0.161. The molecule has 1 aliphatic rings. The molecule has 1 aromatic carbocycles. The maximum Gasteiger partial charge on any atom is 0.350 e. The Morgan fingerprint density at radius 2 is 1.89 bits per heavy atom. The minimum Gasteiger partial charge on any atom is -0.469 e. The monoisotopic (exact) mass is 385 g/mol. The first-order valence-electron chi connectivity index (χ1n) is 9.60. The lowest BCUT2D eigenvalue weighted by atomic mass is 9.83. The molecule has 0 bridgehead atoms. The van der Waals surface area contributed by atoms with Crippen LogP contribution in [0.1, 0.15) is 56.0 Å². The van der Waals surface area contributed by atoms with Crippen molar-refractivity contribution >= 4 is 11.8 Å². The molecule has 1 fully saturated rings. The zero-order valence-corrected chi connectivity index (χ0v) is 16.4. The zero-order chi connectivity index (χ0) is 20.3. The number of nitrogens with two attached hydrogens (primary N) is 1. The van der Waals surface area contributed by atoms with Crippen LogP contribution in [0.5, 0.6) is 0 Å². The van der Waals surface area contributed by atoms with Gasteiger partial charge in [-0.15, -0.1) is 0 Å². The molecule has 0 saturated heterocycles. The van der Waals surface area contributed by atoms with Crippen LogP contribution in [0.2, 0.25) is 0 Å². The Balaban J connectivity index is 1.72. The number of nitrogens with zero attached hydrogens (tertiary/aromatic N) is 3. The highest BCUT2D eigenvalue weighted by Gasteiger charge is 2.26. The van der Waals surface area contributed by atoms with E-state index < -0.39 is 0 Å². The van der Waals surface area contributed by atoms with E-state index in [2.05, 4.69) is 5.10 Å². The topological polar surface area (TPSA) is 116 Å². The molecule has 0 atom stereocenters. The Morgan fingerprint density at radius 1 is 1.25 bits per heavy atom. The van der Waals surface area contributed by atoms with E-state index in [1.165, 1.54) is 11.8 Å². The molecule has 0 unspecified atom stereocenters. The molecule has 1 heterocycles. The van der Waals surface area contributed by atoms with Gasteiger partial charge in [-0.25, -0.2) is 4.79 Å². The van der Waals surface area contributed by atoms with Gasteiger partial charge in [-0.2, -0.15) is 9.78 Å². The van der Waals surface area contributed by atoms with E-state index in [0.717, 1.165) is 32.1 Å². The number of hydrogen-bond donors (Lipinski definition) is 2. The number of aromatic nitrogens is 3. The first-order valence-corrected chi connectivity index (χ1v) is 9.60. The molecular weight excluding hydrogens is 358 g/mol. The van der Waals surface area contributed by atoms with E-state index in [1.54, 1.807) is 28.8 Å². The van der Waals surface area contributed by atoms with Crippen molar-refractivity contribution < 1.29 is 9.53 Å². The van der Waals surface area contributed by atoms with E-state index in [1.807, 2.05) is 6.92 Å². The predicted octanol–water partition coefficient (Wildman–Crippen LogP) is 2.31. The van der Waals surface area contributed by atoms with Gasteiger partial charge in [0.15, 0.2) is 0 Å². The summed E-state index contributed by atoms with van der Waals surface area (Å²) in [4.78, 5) is 24.3. The van der Waals surface area contributed by atoms with Crippen LogP contribution in [-0.2, 0) is 9.53 Å². The molecule has 8 heteroatoms. The lowest BCUT2D eigenvalue weighted by Crippen LogP contribution is -2.30. The number of nitrogens with one attached hydrogen (secondary N) is 1. The number of aryl methyl sites for hydroxylation is 1. The second kappa shape index (κ2) is 8.41. The fourth-order valence-electron chi connectivity index (χ4n) is 3.96. The maximum atomic E-state index is 13.0. The molecule has 1 aliphatic carbocycles. The fraction of sp³-hybridized carbons (Fsp3) is 0.500. The van der Waals surface area contributed by atoms with Gasteiger partial charge in [-0.05, 0) is 69.2 Å². The molecule has 28 heavy (non-hydrogen) atoms. The molecule has 0 aliphatic heterocycles. The summed E-state index contributed by atoms with van der Waals surface area (Å²) >= 11 is 0. The van der Waals surface area contributed by atoms with Crippen LogP contribution in [0.4, 0.5) is 0 Å². The number of nitrogen functional groups attached to an aromatic ring is 1. The van der Waals surface area contributed by atoms with Crippen LogP contribution < -0.4 is 11.4 Å². The van der Waals surface area contributed by atoms with Crippen LogP contribution in [0.25, 0.3) is 5.69 Å². The van der Waals surface area contributed by atoms with E-state index in [9.17, 15) is 9.59 Å². The van der Waals surface area contributed by atoms with E-state index in [0.29, 0.717) is 29.4 Å². The summed E-state index contributed by atoms with van der Waals surface area (Å²) in [5, 5.41) is 11.9. The smallest absolute Gasteiger partial charge is 0.350 e.